The second-order valence-electron chi connectivity index (χ2n) is 3.49. The molecule has 0 radical (unpaired) electrons. The summed E-state index contributed by atoms with van der Waals surface area (Å²) >= 11 is 3.49. The first-order chi connectivity index (χ1) is 7.16. The summed E-state index contributed by atoms with van der Waals surface area (Å²) in [6.45, 7) is 0.560. The van der Waals surface area contributed by atoms with E-state index in [2.05, 4.69) is 15.9 Å². The Morgan fingerprint density at radius 2 is 2.20 bits per heavy atom. The van der Waals surface area contributed by atoms with Crippen LogP contribution in [0.2, 0.25) is 0 Å². The quantitative estimate of drug-likeness (QED) is 0.894. The van der Waals surface area contributed by atoms with Gasteiger partial charge in [-0.2, -0.15) is 0 Å². The van der Waals surface area contributed by atoms with Crippen LogP contribution in [0.5, 0.6) is 0 Å². The highest BCUT2D eigenvalue weighted by Gasteiger charge is 2.14. The molecular weight excluding hydrogens is 259 g/mol. The first kappa shape index (κ1) is 10.6. The van der Waals surface area contributed by atoms with Crippen molar-refractivity contribution in [2.45, 2.75) is 6.42 Å². The summed E-state index contributed by atoms with van der Waals surface area (Å²) in [5.41, 5.74) is 7.20. The van der Waals surface area contributed by atoms with Crippen LogP contribution in [0, 0.1) is 5.82 Å². The van der Waals surface area contributed by atoms with Gasteiger partial charge in [-0.15, -0.1) is 0 Å². The number of aryl methyl sites for hydroxylation is 1. The van der Waals surface area contributed by atoms with Crippen LogP contribution >= 0.6 is 15.9 Å². The maximum atomic E-state index is 13.6. The van der Waals surface area contributed by atoms with E-state index in [4.69, 9.17) is 5.73 Å². The number of nitrogens with zero attached hydrogens (tertiary/aromatic N) is 1. The Morgan fingerprint density at radius 3 is 2.80 bits per heavy atom. The van der Waals surface area contributed by atoms with Gasteiger partial charge in [0.15, 0.2) is 0 Å². The molecule has 1 aromatic heterocycles. The lowest BCUT2D eigenvalue weighted by atomic mass is 10.2. The second-order valence-corrected chi connectivity index (χ2v) is 4.29. The van der Waals surface area contributed by atoms with Gasteiger partial charge in [-0.25, -0.2) is 4.39 Å². The molecule has 2 rings (SSSR count). The monoisotopic (exact) mass is 270 g/mol. The first-order valence-electron chi connectivity index (χ1n) is 4.78. The molecule has 1 heterocycles. The molecule has 2 nitrogen and oxygen atoms in total. The van der Waals surface area contributed by atoms with E-state index in [0.717, 1.165) is 22.0 Å². The molecule has 2 N–H and O–H groups in total. The zero-order valence-corrected chi connectivity index (χ0v) is 10.0. The molecule has 4 heteroatoms. The number of aromatic nitrogens is 1. The summed E-state index contributed by atoms with van der Waals surface area (Å²) in [5.74, 6) is -0.195. The Balaban J connectivity index is 2.79. The summed E-state index contributed by atoms with van der Waals surface area (Å²) in [6, 6.07) is 5.10. The number of benzene rings is 1. The fourth-order valence-corrected chi connectivity index (χ4v) is 2.67. The topological polar surface area (TPSA) is 30.9 Å². The van der Waals surface area contributed by atoms with Crippen LogP contribution in [0.4, 0.5) is 4.39 Å². The average molecular weight is 271 g/mol. The molecule has 0 bridgehead atoms. The molecule has 0 atom stereocenters. The van der Waals surface area contributed by atoms with Gasteiger partial charge < -0.3 is 10.3 Å². The largest absolute Gasteiger partial charge is 0.344 e. The lowest BCUT2D eigenvalue weighted by Gasteiger charge is -2.03. The van der Waals surface area contributed by atoms with Gasteiger partial charge in [0.25, 0.3) is 0 Å². The highest BCUT2D eigenvalue weighted by molar-refractivity contribution is 9.10. The van der Waals surface area contributed by atoms with Gasteiger partial charge in [0, 0.05) is 29.0 Å². The third kappa shape index (κ3) is 1.58. The Bertz CT molecular complexity index is 505. The minimum atomic E-state index is -0.195. The third-order valence-electron chi connectivity index (χ3n) is 2.60. The van der Waals surface area contributed by atoms with Gasteiger partial charge in [0.2, 0.25) is 0 Å². The van der Waals surface area contributed by atoms with E-state index in [1.54, 1.807) is 6.07 Å². The van der Waals surface area contributed by atoms with Crippen molar-refractivity contribution in [1.82, 2.24) is 4.57 Å². The predicted octanol–water partition coefficient (Wildman–Crippen LogP) is 2.58. The number of para-hydroxylation sites is 1. The standard InChI is InChI=1S/C11H12BrFN2/c1-15-9(5-6-14)10(12)7-3-2-4-8(13)11(7)15/h2-4H,5-6,14H2,1H3. The average Bonchev–Trinajstić information content (AvgIpc) is 2.45. The number of fused-ring (bicyclic) bond motifs is 1. The van der Waals surface area contributed by atoms with Gasteiger partial charge in [-0.05, 0) is 28.5 Å². The molecule has 0 spiro atoms. The van der Waals surface area contributed by atoms with E-state index in [1.807, 2.05) is 17.7 Å². The molecule has 0 aliphatic rings. The van der Waals surface area contributed by atoms with Crippen LogP contribution < -0.4 is 5.73 Å². The van der Waals surface area contributed by atoms with Gasteiger partial charge in [-0.3, -0.25) is 0 Å². The summed E-state index contributed by atoms with van der Waals surface area (Å²) in [6.07, 6.45) is 0.741. The van der Waals surface area contributed by atoms with E-state index < -0.39 is 0 Å². The molecule has 0 saturated heterocycles. The molecule has 0 aliphatic heterocycles. The van der Waals surface area contributed by atoms with Gasteiger partial charge in [0.1, 0.15) is 5.82 Å². The third-order valence-corrected chi connectivity index (χ3v) is 3.48. The molecular formula is C11H12BrFN2. The van der Waals surface area contributed by atoms with Crippen LogP contribution in [-0.4, -0.2) is 11.1 Å². The minimum absolute atomic E-state index is 0.195. The van der Waals surface area contributed by atoms with Crippen molar-refractivity contribution in [2.75, 3.05) is 6.54 Å². The number of rotatable bonds is 2. The zero-order valence-electron chi connectivity index (χ0n) is 8.43. The lowest BCUT2D eigenvalue weighted by molar-refractivity contribution is 0.630. The fourth-order valence-electron chi connectivity index (χ4n) is 1.89. The predicted molar refractivity (Wildman–Crippen MR) is 63.3 cm³/mol. The Kier molecular flexibility index (Phi) is 2.80. The van der Waals surface area contributed by atoms with E-state index in [1.165, 1.54) is 6.07 Å². The van der Waals surface area contributed by atoms with Crippen LogP contribution in [0.1, 0.15) is 5.69 Å². The molecule has 0 saturated carbocycles. The summed E-state index contributed by atoms with van der Waals surface area (Å²) in [5, 5.41) is 0.904. The molecule has 0 aliphatic carbocycles. The number of hydrogen-bond donors (Lipinski definition) is 1. The highest BCUT2D eigenvalue weighted by atomic mass is 79.9. The molecule has 0 unspecified atom stereocenters. The number of nitrogens with two attached hydrogens (primary N) is 1. The Morgan fingerprint density at radius 1 is 1.47 bits per heavy atom. The first-order valence-corrected chi connectivity index (χ1v) is 5.57. The Hall–Kier alpha value is -0.870. The fraction of sp³-hybridized carbons (Fsp3) is 0.273. The van der Waals surface area contributed by atoms with Gasteiger partial charge in [-0.1, -0.05) is 12.1 Å². The highest BCUT2D eigenvalue weighted by Crippen LogP contribution is 2.31. The van der Waals surface area contributed by atoms with E-state index in [9.17, 15) is 4.39 Å². The SMILES string of the molecule is Cn1c(CCN)c(Br)c2cccc(F)c21. The smallest absolute Gasteiger partial charge is 0.147 e. The van der Waals surface area contributed by atoms with E-state index in [0.29, 0.717) is 12.1 Å². The molecule has 1 aromatic carbocycles. The molecule has 2 aromatic rings. The summed E-state index contributed by atoms with van der Waals surface area (Å²) in [4.78, 5) is 0. The molecule has 0 amide bonds. The van der Waals surface area contributed by atoms with Crippen molar-refractivity contribution in [3.8, 4) is 0 Å². The van der Waals surface area contributed by atoms with Crippen LogP contribution in [0.15, 0.2) is 22.7 Å². The summed E-state index contributed by atoms with van der Waals surface area (Å²) in [7, 11) is 1.86. The van der Waals surface area contributed by atoms with Crippen molar-refractivity contribution in [3.05, 3.63) is 34.2 Å². The van der Waals surface area contributed by atoms with Crippen LogP contribution in [0.3, 0.4) is 0 Å². The van der Waals surface area contributed by atoms with Gasteiger partial charge >= 0.3 is 0 Å². The van der Waals surface area contributed by atoms with Crippen LogP contribution in [-0.2, 0) is 13.5 Å². The maximum absolute atomic E-state index is 13.6. The molecule has 15 heavy (non-hydrogen) atoms. The van der Waals surface area contributed by atoms with Crippen molar-refractivity contribution >= 4 is 26.8 Å². The number of hydrogen-bond acceptors (Lipinski definition) is 1. The van der Waals surface area contributed by atoms with Gasteiger partial charge in [0.05, 0.1) is 5.52 Å². The van der Waals surface area contributed by atoms with Crippen molar-refractivity contribution < 1.29 is 4.39 Å². The normalized spacial score (nSPS) is 11.2. The Labute approximate surface area is 96.0 Å². The summed E-state index contributed by atoms with van der Waals surface area (Å²) < 4.78 is 16.4. The van der Waals surface area contributed by atoms with E-state index in [-0.39, 0.29) is 5.82 Å². The number of halogens is 2. The lowest BCUT2D eigenvalue weighted by Crippen LogP contribution is -2.07. The maximum Gasteiger partial charge on any atom is 0.147 e. The zero-order chi connectivity index (χ0) is 11.0. The minimum Gasteiger partial charge on any atom is -0.344 e. The molecule has 80 valence electrons. The second kappa shape index (κ2) is 3.94. The van der Waals surface area contributed by atoms with E-state index >= 15 is 0 Å². The molecule has 0 fully saturated rings. The van der Waals surface area contributed by atoms with Crippen molar-refractivity contribution in [3.63, 3.8) is 0 Å². The van der Waals surface area contributed by atoms with Crippen molar-refractivity contribution in [1.29, 1.82) is 0 Å². The van der Waals surface area contributed by atoms with Crippen molar-refractivity contribution in [2.24, 2.45) is 12.8 Å². The van der Waals surface area contributed by atoms with Crippen LogP contribution in [0.25, 0.3) is 10.9 Å².